The molecule has 2 nitrogen and oxygen atoms in total. The molecule has 5 fully saturated rings. The van der Waals surface area contributed by atoms with Gasteiger partial charge in [-0.05, 0) is 86.5 Å². The van der Waals surface area contributed by atoms with Crippen LogP contribution in [0.25, 0.3) is 0 Å². The van der Waals surface area contributed by atoms with Gasteiger partial charge in [0, 0.05) is 0 Å². The number of hydrogen-bond donors (Lipinski definition) is 2. The predicted octanol–water partition coefficient (Wildman–Crippen LogP) is 2.16. The summed E-state index contributed by atoms with van der Waals surface area (Å²) in [4.78, 5) is 0. The molecule has 0 aromatic rings. The van der Waals surface area contributed by atoms with Gasteiger partial charge in [-0.1, -0.05) is 0 Å². The predicted molar refractivity (Wildman–Crippen MR) is 67.3 cm³/mol. The summed E-state index contributed by atoms with van der Waals surface area (Å²) in [5.74, 6) is 4.88. The Morgan fingerprint density at radius 1 is 0.941 bits per heavy atom. The second-order valence-corrected chi connectivity index (χ2v) is 7.59. The molecule has 5 aliphatic rings. The minimum atomic E-state index is -0.0456. The third-order valence-electron chi connectivity index (χ3n) is 6.62. The molecule has 5 saturated carbocycles. The highest BCUT2D eigenvalue weighted by Crippen LogP contribution is 2.64. The maximum absolute atomic E-state index is 9.71. The minimum absolute atomic E-state index is 0.0456. The number of aliphatic hydroxyl groups is 1. The molecule has 5 rings (SSSR count). The average Bonchev–Trinajstić information content (AvgIpc) is 2.24. The van der Waals surface area contributed by atoms with E-state index in [-0.39, 0.29) is 6.10 Å². The van der Waals surface area contributed by atoms with E-state index in [0.717, 1.165) is 49.0 Å². The van der Waals surface area contributed by atoms with Gasteiger partial charge in [0.25, 0.3) is 0 Å². The quantitative estimate of drug-likeness (QED) is 0.770. The van der Waals surface area contributed by atoms with Crippen LogP contribution in [0.1, 0.15) is 44.9 Å². The highest BCUT2D eigenvalue weighted by molar-refractivity contribution is 5.09. The number of aliphatic hydroxyl groups excluding tert-OH is 1. The maximum Gasteiger partial charge on any atom is 0.0552 e. The minimum Gasteiger partial charge on any atom is -0.393 e. The highest BCUT2D eigenvalue weighted by atomic mass is 16.3. The molecule has 0 amide bonds. The largest absolute Gasteiger partial charge is 0.393 e. The second kappa shape index (κ2) is 3.48. The first-order chi connectivity index (χ1) is 8.20. The molecule has 0 unspecified atom stereocenters. The van der Waals surface area contributed by atoms with Crippen molar-refractivity contribution < 1.29 is 5.11 Å². The normalized spacial score (nSPS) is 60.4. The molecule has 96 valence electrons. The van der Waals surface area contributed by atoms with Crippen molar-refractivity contribution in [1.29, 1.82) is 0 Å². The zero-order chi connectivity index (χ0) is 11.6. The van der Waals surface area contributed by atoms with Crippen LogP contribution in [0.2, 0.25) is 0 Å². The van der Waals surface area contributed by atoms with Crippen LogP contribution in [-0.4, -0.2) is 17.8 Å². The Balaban J connectivity index is 1.62. The molecular weight excluding hydrogens is 210 g/mol. The van der Waals surface area contributed by atoms with Crippen LogP contribution in [0, 0.1) is 35.0 Å². The van der Waals surface area contributed by atoms with Crippen LogP contribution in [0.5, 0.6) is 0 Å². The highest BCUT2D eigenvalue weighted by Gasteiger charge is 2.58. The van der Waals surface area contributed by atoms with E-state index in [1.807, 2.05) is 0 Å². The Kier molecular flexibility index (Phi) is 2.21. The number of nitrogens with two attached hydrogens (primary N) is 1. The van der Waals surface area contributed by atoms with Gasteiger partial charge in [0.1, 0.15) is 0 Å². The summed E-state index contributed by atoms with van der Waals surface area (Å²) in [6.07, 6.45) is 9.40. The van der Waals surface area contributed by atoms with E-state index in [9.17, 15) is 5.11 Å². The Hall–Kier alpha value is -0.0800. The first kappa shape index (κ1) is 10.8. The van der Waals surface area contributed by atoms with Gasteiger partial charge in [0.05, 0.1) is 6.10 Å². The van der Waals surface area contributed by atoms with Crippen LogP contribution < -0.4 is 5.73 Å². The van der Waals surface area contributed by atoms with Gasteiger partial charge in [0.2, 0.25) is 0 Å². The molecule has 4 bridgehead atoms. The fourth-order valence-electron chi connectivity index (χ4n) is 6.38. The molecular formula is C15H25NO. The molecule has 3 N–H and O–H groups in total. The number of rotatable bonds is 2. The maximum atomic E-state index is 9.71. The molecule has 2 heteroatoms. The summed E-state index contributed by atoms with van der Waals surface area (Å²) in [5, 5.41) is 9.71. The smallest absolute Gasteiger partial charge is 0.0552 e. The van der Waals surface area contributed by atoms with Gasteiger partial charge in [0.15, 0.2) is 0 Å². The SMILES string of the molecule is NCC1(C2C3CC4CC(C3)CC2C4)CC(O)C1. The zero-order valence-electron chi connectivity index (χ0n) is 10.6. The van der Waals surface area contributed by atoms with Crippen LogP contribution >= 0.6 is 0 Å². The monoisotopic (exact) mass is 235 g/mol. The third-order valence-corrected chi connectivity index (χ3v) is 6.62. The van der Waals surface area contributed by atoms with E-state index in [2.05, 4.69) is 0 Å². The Labute approximate surface area is 104 Å². The molecule has 0 heterocycles. The van der Waals surface area contributed by atoms with Crippen molar-refractivity contribution in [3.8, 4) is 0 Å². The summed E-state index contributed by atoms with van der Waals surface area (Å²) in [6, 6.07) is 0. The lowest BCUT2D eigenvalue weighted by molar-refractivity contribution is -0.155. The van der Waals surface area contributed by atoms with Gasteiger partial charge in [-0.15, -0.1) is 0 Å². The van der Waals surface area contributed by atoms with Gasteiger partial charge < -0.3 is 10.8 Å². The molecule has 0 atom stereocenters. The van der Waals surface area contributed by atoms with Gasteiger partial charge >= 0.3 is 0 Å². The van der Waals surface area contributed by atoms with Crippen LogP contribution in [0.3, 0.4) is 0 Å². The van der Waals surface area contributed by atoms with Crippen molar-refractivity contribution in [2.45, 2.75) is 51.0 Å². The van der Waals surface area contributed by atoms with Crippen LogP contribution in [0.15, 0.2) is 0 Å². The molecule has 5 aliphatic carbocycles. The van der Waals surface area contributed by atoms with Crippen molar-refractivity contribution in [3.63, 3.8) is 0 Å². The molecule has 0 aromatic carbocycles. The van der Waals surface area contributed by atoms with Crippen molar-refractivity contribution in [2.24, 2.45) is 40.7 Å². The van der Waals surface area contributed by atoms with E-state index in [1.165, 1.54) is 32.1 Å². The van der Waals surface area contributed by atoms with Gasteiger partial charge in [-0.3, -0.25) is 0 Å². The summed E-state index contributed by atoms with van der Waals surface area (Å²) < 4.78 is 0. The Morgan fingerprint density at radius 3 is 1.88 bits per heavy atom. The van der Waals surface area contributed by atoms with E-state index in [4.69, 9.17) is 5.73 Å². The standard InChI is InChI=1S/C15H25NO/c16-8-15(6-13(17)7-15)14-11-2-9-1-10(4-11)5-12(14)3-9/h9-14,17H,1-8,16H2. The molecule has 17 heavy (non-hydrogen) atoms. The van der Waals surface area contributed by atoms with E-state index < -0.39 is 0 Å². The molecule has 0 aromatic heterocycles. The lowest BCUT2D eigenvalue weighted by atomic mass is 9.43. The summed E-state index contributed by atoms with van der Waals surface area (Å²) in [5.41, 5.74) is 6.44. The van der Waals surface area contributed by atoms with E-state index >= 15 is 0 Å². The van der Waals surface area contributed by atoms with Crippen LogP contribution in [-0.2, 0) is 0 Å². The summed E-state index contributed by atoms with van der Waals surface area (Å²) in [6.45, 7) is 0.817. The van der Waals surface area contributed by atoms with Crippen molar-refractivity contribution >= 4 is 0 Å². The summed E-state index contributed by atoms with van der Waals surface area (Å²) in [7, 11) is 0. The topological polar surface area (TPSA) is 46.2 Å². The average molecular weight is 235 g/mol. The van der Waals surface area contributed by atoms with Crippen molar-refractivity contribution in [1.82, 2.24) is 0 Å². The molecule has 0 saturated heterocycles. The Morgan fingerprint density at radius 2 is 1.47 bits per heavy atom. The molecule has 0 spiro atoms. The number of hydrogen-bond acceptors (Lipinski definition) is 2. The fraction of sp³-hybridized carbons (Fsp3) is 1.00. The second-order valence-electron chi connectivity index (χ2n) is 7.59. The van der Waals surface area contributed by atoms with E-state index in [0.29, 0.717) is 5.41 Å². The van der Waals surface area contributed by atoms with Gasteiger partial charge in [-0.2, -0.15) is 0 Å². The lowest BCUT2D eigenvalue weighted by Crippen LogP contribution is -2.59. The molecule has 0 radical (unpaired) electrons. The first-order valence-corrected chi connectivity index (χ1v) is 7.58. The Bertz CT molecular complexity index is 293. The first-order valence-electron chi connectivity index (χ1n) is 7.58. The summed E-state index contributed by atoms with van der Waals surface area (Å²) >= 11 is 0. The molecule has 0 aliphatic heterocycles. The lowest BCUT2D eigenvalue weighted by Gasteiger charge is -2.63. The van der Waals surface area contributed by atoms with E-state index in [1.54, 1.807) is 0 Å². The van der Waals surface area contributed by atoms with Crippen molar-refractivity contribution in [3.05, 3.63) is 0 Å². The third kappa shape index (κ3) is 1.40. The zero-order valence-corrected chi connectivity index (χ0v) is 10.6. The van der Waals surface area contributed by atoms with Crippen LogP contribution in [0.4, 0.5) is 0 Å². The van der Waals surface area contributed by atoms with Crippen molar-refractivity contribution in [2.75, 3.05) is 6.54 Å². The van der Waals surface area contributed by atoms with Gasteiger partial charge in [-0.25, -0.2) is 0 Å². The fourth-order valence-corrected chi connectivity index (χ4v) is 6.38.